The minimum Gasteiger partial charge on any atom is -0.457 e. The zero-order valence-electron chi connectivity index (χ0n) is 13.3. The Balaban J connectivity index is 2.26. The number of hydrogen-bond donors (Lipinski definition) is 1. The summed E-state index contributed by atoms with van der Waals surface area (Å²) in [4.78, 5) is 0. The summed E-state index contributed by atoms with van der Waals surface area (Å²) in [5, 5.41) is 3.51. The Morgan fingerprint density at radius 1 is 1.00 bits per heavy atom. The monoisotopic (exact) mass is 283 g/mol. The van der Waals surface area contributed by atoms with E-state index in [0.717, 1.165) is 24.5 Å². The third-order valence-corrected chi connectivity index (χ3v) is 3.68. The molecule has 2 aromatic rings. The molecule has 0 saturated heterocycles. The molecule has 21 heavy (non-hydrogen) atoms. The van der Waals surface area contributed by atoms with Crippen molar-refractivity contribution < 1.29 is 4.74 Å². The molecular formula is C19H25NO. The van der Waals surface area contributed by atoms with Crippen molar-refractivity contribution in [3.63, 3.8) is 0 Å². The third-order valence-electron chi connectivity index (χ3n) is 3.68. The van der Waals surface area contributed by atoms with E-state index in [1.54, 1.807) is 0 Å². The van der Waals surface area contributed by atoms with E-state index in [-0.39, 0.29) is 0 Å². The van der Waals surface area contributed by atoms with Gasteiger partial charge >= 0.3 is 0 Å². The van der Waals surface area contributed by atoms with E-state index in [1.807, 2.05) is 30.3 Å². The molecule has 0 spiro atoms. The van der Waals surface area contributed by atoms with Crippen molar-refractivity contribution in [2.75, 3.05) is 11.9 Å². The van der Waals surface area contributed by atoms with Gasteiger partial charge in [-0.25, -0.2) is 0 Å². The van der Waals surface area contributed by atoms with Gasteiger partial charge in [-0.15, -0.1) is 0 Å². The highest BCUT2D eigenvalue weighted by atomic mass is 16.5. The van der Waals surface area contributed by atoms with Crippen molar-refractivity contribution in [2.24, 2.45) is 0 Å². The van der Waals surface area contributed by atoms with E-state index >= 15 is 0 Å². The van der Waals surface area contributed by atoms with E-state index in [4.69, 9.17) is 4.74 Å². The number of rotatable bonds is 7. The zero-order valence-corrected chi connectivity index (χ0v) is 13.3. The molecule has 0 bridgehead atoms. The van der Waals surface area contributed by atoms with Crippen molar-refractivity contribution in [2.45, 2.75) is 40.0 Å². The van der Waals surface area contributed by atoms with Crippen LogP contribution in [0.25, 0.3) is 0 Å². The molecule has 2 heteroatoms. The number of unbranched alkanes of at least 4 members (excludes halogenated alkanes) is 1. The molecule has 0 unspecified atom stereocenters. The summed E-state index contributed by atoms with van der Waals surface area (Å²) < 4.78 is 6.14. The topological polar surface area (TPSA) is 21.3 Å². The molecule has 0 aliphatic carbocycles. The van der Waals surface area contributed by atoms with Crippen LogP contribution in [0.1, 0.15) is 37.8 Å². The summed E-state index contributed by atoms with van der Waals surface area (Å²) in [7, 11) is 0. The lowest BCUT2D eigenvalue weighted by atomic mass is 10.1. The van der Waals surface area contributed by atoms with Crippen LogP contribution in [0.15, 0.2) is 42.5 Å². The van der Waals surface area contributed by atoms with Crippen LogP contribution in [-0.2, 0) is 6.42 Å². The highest BCUT2D eigenvalue weighted by Crippen LogP contribution is 2.34. The van der Waals surface area contributed by atoms with E-state index in [0.29, 0.717) is 0 Å². The maximum Gasteiger partial charge on any atom is 0.135 e. The number of anilines is 1. The second-order valence-electron chi connectivity index (χ2n) is 5.28. The second-order valence-corrected chi connectivity index (χ2v) is 5.28. The van der Waals surface area contributed by atoms with Crippen LogP contribution >= 0.6 is 0 Å². The molecule has 0 aromatic heterocycles. The molecule has 0 heterocycles. The van der Waals surface area contributed by atoms with E-state index in [9.17, 15) is 0 Å². The van der Waals surface area contributed by atoms with Gasteiger partial charge in [-0.3, -0.25) is 0 Å². The van der Waals surface area contributed by atoms with Crippen LogP contribution < -0.4 is 10.1 Å². The first kappa shape index (κ1) is 15.4. The van der Waals surface area contributed by atoms with Gasteiger partial charge in [0.25, 0.3) is 0 Å². The van der Waals surface area contributed by atoms with Crippen LogP contribution in [0, 0.1) is 6.92 Å². The van der Waals surface area contributed by atoms with Gasteiger partial charge in [-0.2, -0.15) is 0 Å². The Morgan fingerprint density at radius 2 is 1.76 bits per heavy atom. The van der Waals surface area contributed by atoms with Gasteiger partial charge in [0.15, 0.2) is 0 Å². The summed E-state index contributed by atoms with van der Waals surface area (Å²) in [6.07, 6.45) is 3.36. The van der Waals surface area contributed by atoms with Crippen molar-refractivity contribution in [3.05, 3.63) is 53.6 Å². The van der Waals surface area contributed by atoms with Crippen LogP contribution in [-0.4, -0.2) is 6.54 Å². The van der Waals surface area contributed by atoms with Gasteiger partial charge in [-0.1, -0.05) is 44.5 Å². The van der Waals surface area contributed by atoms with Crippen LogP contribution in [0.5, 0.6) is 11.5 Å². The molecular weight excluding hydrogens is 258 g/mol. The molecule has 0 aliphatic heterocycles. The van der Waals surface area contributed by atoms with Gasteiger partial charge in [0, 0.05) is 17.8 Å². The normalized spacial score (nSPS) is 10.4. The van der Waals surface area contributed by atoms with E-state index in [1.165, 1.54) is 29.7 Å². The van der Waals surface area contributed by atoms with Crippen molar-refractivity contribution in [1.82, 2.24) is 0 Å². The first-order chi connectivity index (χ1) is 10.3. The Hall–Kier alpha value is -1.96. The first-order valence-electron chi connectivity index (χ1n) is 7.85. The van der Waals surface area contributed by atoms with Gasteiger partial charge in [0.05, 0.1) is 0 Å². The number of hydrogen-bond acceptors (Lipinski definition) is 2. The predicted octanol–water partition coefficient (Wildman–Crippen LogP) is 5.56. The van der Waals surface area contributed by atoms with Crippen molar-refractivity contribution in [3.8, 4) is 11.5 Å². The minimum atomic E-state index is 0.890. The Kier molecular flexibility index (Phi) is 5.68. The first-order valence-corrected chi connectivity index (χ1v) is 7.85. The molecule has 0 aliphatic rings. The summed E-state index contributed by atoms with van der Waals surface area (Å²) in [6, 6.07) is 14.3. The van der Waals surface area contributed by atoms with Gasteiger partial charge in [-0.05, 0) is 43.5 Å². The number of benzene rings is 2. The number of aryl methyl sites for hydroxylation is 1. The molecule has 1 N–H and O–H groups in total. The lowest BCUT2D eigenvalue weighted by Gasteiger charge is -2.17. The fourth-order valence-electron chi connectivity index (χ4n) is 2.37. The molecule has 0 radical (unpaired) electrons. The second kappa shape index (κ2) is 7.72. The van der Waals surface area contributed by atoms with E-state index in [2.05, 4.69) is 38.2 Å². The minimum absolute atomic E-state index is 0.890. The molecule has 0 saturated carbocycles. The average molecular weight is 283 g/mol. The number of nitrogens with one attached hydrogen (secondary N) is 1. The summed E-state index contributed by atoms with van der Waals surface area (Å²) >= 11 is 0. The zero-order chi connectivity index (χ0) is 15.1. The Morgan fingerprint density at radius 3 is 2.43 bits per heavy atom. The van der Waals surface area contributed by atoms with Crippen molar-refractivity contribution >= 4 is 5.69 Å². The van der Waals surface area contributed by atoms with Gasteiger partial charge in [0.2, 0.25) is 0 Å². The maximum atomic E-state index is 6.14. The molecule has 0 amide bonds. The fraction of sp³-hybridized carbons (Fsp3) is 0.368. The molecule has 0 atom stereocenters. The Labute approximate surface area is 128 Å². The average Bonchev–Trinajstić information content (AvgIpc) is 2.52. The maximum absolute atomic E-state index is 6.14. The Bertz CT molecular complexity index is 563. The highest BCUT2D eigenvalue weighted by molar-refractivity contribution is 5.60. The fourth-order valence-corrected chi connectivity index (χ4v) is 2.37. The van der Waals surface area contributed by atoms with Gasteiger partial charge in [0.1, 0.15) is 11.5 Å². The molecule has 2 rings (SSSR count). The van der Waals surface area contributed by atoms with E-state index < -0.39 is 0 Å². The van der Waals surface area contributed by atoms with Crippen molar-refractivity contribution in [1.29, 1.82) is 0 Å². The SMILES string of the molecule is CCCCNc1ccc(CC)c(Oc2ccccc2)c1C. The smallest absolute Gasteiger partial charge is 0.135 e. The van der Waals surface area contributed by atoms with Crippen LogP contribution in [0.3, 0.4) is 0 Å². The highest BCUT2D eigenvalue weighted by Gasteiger charge is 2.11. The molecule has 0 fully saturated rings. The lowest BCUT2D eigenvalue weighted by Crippen LogP contribution is -2.04. The third kappa shape index (κ3) is 4.01. The lowest BCUT2D eigenvalue weighted by molar-refractivity contribution is 0.473. The molecule has 2 nitrogen and oxygen atoms in total. The summed E-state index contributed by atoms with van der Waals surface area (Å²) in [6.45, 7) is 7.51. The van der Waals surface area contributed by atoms with Crippen LogP contribution in [0.2, 0.25) is 0 Å². The number of para-hydroxylation sites is 1. The summed E-state index contributed by atoms with van der Waals surface area (Å²) in [5.41, 5.74) is 3.61. The predicted molar refractivity (Wildman–Crippen MR) is 90.5 cm³/mol. The van der Waals surface area contributed by atoms with Gasteiger partial charge < -0.3 is 10.1 Å². The quantitative estimate of drug-likeness (QED) is 0.671. The number of ether oxygens (including phenoxy) is 1. The largest absolute Gasteiger partial charge is 0.457 e. The summed E-state index contributed by atoms with van der Waals surface area (Å²) in [5.74, 6) is 1.88. The standard InChI is InChI=1S/C19H25NO/c1-4-6-14-20-18-13-12-16(5-2)19(15(18)3)21-17-10-8-7-9-11-17/h7-13,20H,4-6,14H2,1-3H3. The van der Waals surface area contributed by atoms with Crippen LogP contribution in [0.4, 0.5) is 5.69 Å². The molecule has 112 valence electrons. The molecule has 2 aromatic carbocycles.